The van der Waals surface area contributed by atoms with Gasteiger partial charge in [-0.1, -0.05) is 12.1 Å². The van der Waals surface area contributed by atoms with E-state index >= 15 is 0 Å². The molecule has 0 atom stereocenters. The Kier molecular flexibility index (Phi) is 4.91. The van der Waals surface area contributed by atoms with Gasteiger partial charge in [0.05, 0.1) is 6.54 Å². The molecule has 0 unspecified atom stereocenters. The number of ketones is 1. The SMILES string of the molecule is CN(CC(=O)c1ccc(I)cc1)Cc1ccsc1. The lowest BCUT2D eigenvalue weighted by molar-refractivity contribution is 0.0943. The summed E-state index contributed by atoms with van der Waals surface area (Å²) in [4.78, 5) is 14.1. The third kappa shape index (κ3) is 3.90. The Morgan fingerprint density at radius 3 is 2.61 bits per heavy atom. The number of likely N-dealkylation sites (N-methyl/N-ethyl adjacent to an activating group) is 1. The highest BCUT2D eigenvalue weighted by Crippen LogP contribution is 2.10. The number of rotatable bonds is 5. The number of Topliss-reactive ketones (excluding diaryl/α,β-unsaturated/α-hetero) is 1. The monoisotopic (exact) mass is 371 g/mol. The van der Waals surface area contributed by atoms with Crippen LogP contribution in [-0.4, -0.2) is 24.3 Å². The maximum atomic E-state index is 12.1. The molecule has 0 N–H and O–H groups in total. The number of carbonyl (C=O) groups is 1. The highest BCUT2D eigenvalue weighted by Gasteiger charge is 2.09. The van der Waals surface area contributed by atoms with Crippen molar-refractivity contribution in [2.45, 2.75) is 6.54 Å². The zero-order valence-corrected chi connectivity index (χ0v) is 13.1. The van der Waals surface area contributed by atoms with Crippen LogP contribution in [0.15, 0.2) is 41.1 Å². The largest absolute Gasteiger partial charge is 0.295 e. The van der Waals surface area contributed by atoms with Crippen LogP contribution in [0.2, 0.25) is 0 Å². The number of benzene rings is 1. The molecule has 2 aromatic rings. The molecule has 2 rings (SSSR count). The van der Waals surface area contributed by atoms with Gasteiger partial charge in [0, 0.05) is 15.7 Å². The van der Waals surface area contributed by atoms with Crippen LogP contribution in [0.3, 0.4) is 0 Å². The molecule has 0 fully saturated rings. The summed E-state index contributed by atoms with van der Waals surface area (Å²) >= 11 is 3.93. The van der Waals surface area contributed by atoms with Crippen molar-refractivity contribution in [3.8, 4) is 0 Å². The van der Waals surface area contributed by atoms with E-state index in [2.05, 4.69) is 39.4 Å². The van der Waals surface area contributed by atoms with Crippen LogP contribution in [0.4, 0.5) is 0 Å². The van der Waals surface area contributed by atoms with E-state index in [0.717, 1.165) is 15.7 Å². The molecule has 1 aromatic carbocycles. The minimum absolute atomic E-state index is 0.170. The highest BCUT2D eigenvalue weighted by atomic mass is 127. The maximum absolute atomic E-state index is 12.1. The Morgan fingerprint density at radius 1 is 1.28 bits per heavy atom. The molecule has 18 heavy (non-hydrogen) atoms. The van der Waals surface area contributed by atoms with Crippen molar-refractivity contribution in [1.29, 1.82) is 0 Å². The summed E-state index contributed by atoms with van der Waals surface area (Å²) in [5.74, 6) is 0.170. The summed E-state index contributed by atoms with van der Waals surface area (Å²) in [6.07, 6.45) is 0. The molecule has 4 heteroatoms. The Balaban J connectivity index is 1.92. The second-order valence-electron chi connectivity index (χ2n) is 4.23. The molecular weight excluding hydrogens is 357 g/mol. The lowest BCUT2D eigenvalue weighted by Gasteiger charge is -2.14. The van der Waals surface area contributed by atoms with E-state index in [-0.39, 0.29) is 5.78 Å². The molecule has 94 valence electrons. The van der Waals surface area contributed by atoms with Gasteiger partial charge in [-0.15, -0.1) is 0 Å². The van der Waals surface area contributed by atoms with E-state index in [9.17, 15) is 4.79 Å². The standard InChI is InChI=1S/C14H14INOS/c1-16(8-11-6-7-18-10-11)9-14(17)12-2-4-13(15)5-3-12/h2-7,10H,8-9H2,1H3. The van der Waals surface area contributed by atoms with E-state index in [1.807, 2.05) is 36.2 Å². The maximum Gasteiger partial charge on any atom is 0.176 e. The van der Waals surface area contributed by atoms with Gasteiger partial charge in [-0.25, -0.2) is 0 Å². The van der Waals surface area contributed by atoms with Gasteiger partial charge < -0.3 is 0 Å². The molecule has 0 bridgehead atoms. The predicted octanol–water partition coefficient (Wildman–Crippen LogP) is 3.67. The van der Waals surface area contributed by atoms with Crippen LogP contribution in [0.1, 0.15) is 15.9 Å². The molecule has 0 aliphatic rings. The number of hydrogen-bond acceptors (Lipinski definition) is 3. The zero-order valence-electron chi connectivity index (χ0n) is 10.1. The Morgan fingerprint density at radius 2 is 2.00 bits per heavy atom. The molecule has 2 nitrogen and oxygen atoms in total. The van der Waals surface area contributed by atoms with Crippen LogP contribution < -0.4 is 0 Å². The van der Waals surface area contributed by atoms with Crippen LogP contribution in [-0.2, 0) is 6.54 Å². The third-order valence-electron chi connectivity index (χ3n) is 2.61. The first-order chi connectivity index (χ1) is 8.65. The number of halogens is 1. The summed E-state index contributed by atoms with van der Waals surface area (Å²) in [6.45, 7) is 1.27. The number of hydrogen-bond donors (Lipinski definition) is 0. The topological polar surface area (TPSA) is 20.3 Å². The van der Waals surface area contributed by atoms with Gasteiger partial charge in [0.25, 0.3) is 0 Å². The van der Waals surface area contributed by atoms with Crippen molar-refractivity contribution < 1.29 is 4.79 Å². The second kappa shape index (κ2) is 6.45. The van der Waals surface area contributed by atoms with E-state index in [4.69, 9.17) is 0 Å². The van der Waals surface area contributed by atoms with Crippen LogP contribution >= 0.6 is 33.9 Å². The second-order valence-corrected chi connectivity index (χ2v) is 6.26. The predicted molar refractivity (Wildman–Crippen MR) is 84.1 cm³/mol. The molecule has 1 heterocycles. The molecule has 0 radical (unpaired) electrons. The van der Waals surface area contributed by atoms with Gasteiger partial charge in [-0.3, -0.25) is 9.69 Å². The fourth-order valence-corrected chi connectivity index (χ4v) is 2.74. The van der Waals surface area contributed by atoms with Crippen molar-refractivity contribution in [3.63, 3.8) is 0 Å². The molecule has 0 aliphatic carbocycles. The number of carbonyl (C=O) groups excluding carboxylic acids is 1. The number of thiophene rings is 1. The molecule has 0 aliphatic heterocycles. The highest BCUT2D eigenvalue weighted by molar-refractivity contribution is 14.1. The smallest absolute Gasteiger partial charge is 0.176 e. The van der Waals surface area contributed by atoms with E-state index < -0.39 is 0 Å². The quantitative estimate of drug-likeness (QED) is 0.591. The van der Waals surface area contributed by atoms with Gasteiger partial charge in [0.1, 0.15) is 0 Å². The van der Waals surface area contributed by atoms with Crippen molar-refractivity contribution in [2.24, 2.45) is 0 Å². The molecule has 0 saturated heterocycles. The summed E-state index contributed by atoms with van der Waals surface area (Å²) in [5, 5.41) is 4.18. The lowest BCUT2D eigenvalue weighted by Crippen LogP contribution is -2.25. The van der Waals surface area contributed by atoms with E-state index in [0.29, 0.717) is 6.54 Å². The first-order valence-electron chi connectivity index (χ1n) is 5.63. The van der Waals surface area contributed by atoms with Crippen molar-refractivity contribution in [2.75, 3.05) is 13.6 Å². The summed E-state index contributed by atoms with van der Waals surface area (Å²) in [6, 6.07) is 9.81. The molecule has 0 amide bonds. The third-order valence-corrected chi connectivity index (χ3v) is 4.06. The van der Waals surface area contributed by atoms with Crippen molar-refractivity contribution >= 4 is 39.7 Å². The van der Waals surface area contributed by atoms with Crippen LogP contribution in [0.5, 0.6) is 0 Å². The van der Waals surface area contributed by atoms with Crippen molar-refractivity contribution in [1.82, 2.24) is 4.90 Å². The summed E-state index contributed by atoms with van der Waals surface area (Å²) in [7, 11) is 1.97. The average molecular weight is 371 g/mol. The summed E-state index contributed by atoms with van der Waals surface area (Å²) < 4.78 is 1.15. The van der Waals surface area contributed by atoms with Gasteiger partial charge in [-0.2, -0.15) is 11.3 Å². The number of nitrogens with zero attached hydrogens (tertiary/aromatic N) is 1. The van der Waals surface area contributed by atoms with Crippen LogP contribution in [0.25, 0.3) is 0 Å². The fourth-order valence-electron chi connectivity index (χ4n) is 1.72. The van der Waals surface area contributed by atoms with E-state index in [1.54, 1.807) is 11.3 Å². The van der Waals surface area contributed by atoms with Gasteiger partial charge >= 0.3 is 0 Å². The first kappa shape index (κ1) is 13.7. The first-order valence-corrected chi connectivity index (χ1v) is 7.65. The molecule has 0 saturated carbocycles. The Bertz CT molecular complexity index is 507. The fraction of sp³-hybridized carbons (Fsp3) is 0.214. The zero-order chi connectivity index (χ0) is 13.0. The van der Waals surface area contributed by atoms with E-state index in [1.165, 1.54) is 5.56 Å². The van der Waals surface area contributed by atoms with Gasteiger partial charge in [0.2, 0.25) is 0 Å². The Hall–Kier alpha value is -0.720. The molecular formula is C14H14INOS. The average Bonchev–Trinajstić information content (AvgIpc) is 2.82. The molecule has 0 spiro atoms. The Labute approximate surface area is 125 Å². The van der Waals surface area contributed by atoms with Crippen molar-refractivity contribution in [3.05, 3.63) is 55.8 Å². The minimum Gasteiger partial charge on any atom is -0.295 e. The lowest BCUT2D eigenvalue weighted by atomic mass is 10.1. The normalized spacial score (nSPS) is 10.8. The van der Waals surface area contributed by atoms with Gasteiger partial charge in [0.15, 0.2) is 5.78 Å². The molecule has 1 aromatic heterocycles. The summed E-state index contributed by atoms with van der Waals surface area (Å²) in [5.41, 5.74) is 2.05. The van der Waals surface area contributed by atoms with Crippen LogP contribution in [0, 0.1) is 3.57 Å². The van der Waals surface area contributed by atoms with Gasteiger partial charge in [-0.05, 0) is 64.2 Å². The minimum atomic E-state index is 0.170.